The second-order valence-electron chi connectivity index (χ2n) is 8.28. The zero-order valence-electron chi connectivity index (χ0n) is 19.2. The van der Waals surface area contributed by atoms with Gasteiger partial charge in [0.05, 0.1) is 19.1 Å². The van der Waals surface area contributed by atoms with Crippen molar-refractivity contribution in [2.24, 2.45) is 5.92 Å². The van der Waals surface area contributed by atoms with Crippen molar-refractivity contribution in [1.82, 2.24) is 4.90 Å². The Morgan fingerprint density at radius 1 is 0.912 bits per heavy atom. The average Bonchev–Trinajstić information content (AvgIpc) is 3.26. The van der Waals surface area contributed by atoms with Crippen molar-refractivity contribution in [3.05, 3.63) is 90.0 Å². The van der Waals surface area contributed by atoms with Crippen LogP contribution in [0.4, 0.5) is 11.4 Å². The Labute approximate surface area is 198 Å². The normalized spacial score (nSPS) is 16.1. The van der Waals surface area contributed by atoms with Crippen LogP contribution >= 0.6 is 0 Å². The molecule has 2 N–H and O–H groups in total. The smallest absolute Gasteiger partial charge is 0.255 e. The van der Waals surface area contributed by atoms with Gasteiger partial charge in [-0.2, -0.15) is 0 Å². The van der Waals surface area contributed by atoms with Crippen molar-refractivity contribution >= 4 is 29.1 Å². The van der Waals surface area contributed by atoms with E-state index in [0.717, 1.165) is 5.56 Å². The van der Waals surface area contributed by atoms with Crippen molar-refractivity contribution in [3.63, 3.8) is 0 Å². The van der Waals surface area contributed by atoms with E-state index in [-0.39, 0.29) is 30.2 Å². The number of carbonyl (C=O) groups is 3. The number of hydrogen-bond donors (Lipinski definition) is 2. The highest BCUT2D eigenvalue weighted by Crippen LogP contribution is 2.29. The minimum atomic E-state index is -0.420. The van der Waals surface area contributed by atoms with Gasteiger partial charge in [-0.15, -0.1) is 0 Å². The Hall–Kier alpha value is -4.13. The number of hydrogen-bond acceptors (Lipinski definition) is 4. The number of ether oxygens (including phenoxy) is 1. The van der Waals surface area contributed by atoms with Crippen molar-refractivity contribution in [3.8, 4) is 5.75 Å². The first-order chi connectivity index (χ1) is 16.4. The topological polar surface area (TPSA) is 87.7 Å². The van der Waals surface area contributed by atoms with Gasteiger partial charge in [-0.25, -0.2) is 0 Å². The summed E-state index contributed by atoms with van der Waals surface area (Å²) >= 11 is 0. The number of anilines is 2. The highest BCUT2D eigenvalue weighted by Gasteiger charge is 2.37. The number of benzene rings is 3. The highest BCUT2D eigenvalue weighted by molar-refractivity contribution is 6.05. The average molecular weight is 458 g/mol. The Bertz CT molecular complexity index is 1160. The molecule has 0 spiro atoms. The fourth-order valence-electron chi connectivity index (χ4n) is 4.02. The quantitative estimate of drug-likeness (QED) is 0.547. The maximum Gasteiger partial charge on any atom is 0.255 e. The predicted octanol–water partition coefficient (Wildman–Crippen LogP) is 4.50. The van der Waals surface area contributed by atoms with E-state index in [1.54, 1.807) is 60.5 Å². The van der Waals surface area contributed by atoms with Gasteiger partial charge in [-0.3, -0.25) is 14.4 Å². The maximum absolute atomic E-state index is 12.8. The molecule has 4 rings (SSSR count). The molecule has 1 aliphatic heterocycles. The summed E-state index contributed by atoms with van der Waals surface area (Å²) in [5.41, 5.74) is 2.74. The van der Waals surface area contributed by atoms with Crippen molar-refractivity contribution < 1.29 is 19.1 Å². The molecule has 0 aliphatic carbocycles. The van der Waals surface area contributed by atoms with Gasteiger partial charge in [-0.1, -0.05) is 30.3 Å². The Balaban J connectivity index is 1.33. The molecule has 1 heterocycles. The van der Waals surface area contributed by atoms with Crippen molar-refractivity contribution in [2.75, 3.05) is 24.3 Å². The molecule has 3 aromatic carbocycles. The van der Waals surface area contributed by atoms with Gasteiger partial charge in [0.2, 0.25) is 11.8 Å². The monoisotopic (exact) mass is 457 g/mol. The van der Waals surface area contributed by atoms with Gasteiger partial charge in [0.25, 0.3) is 5.91 Å². The molecule has 3 amide bonds. The highest BCUT2D eigenvalue weighted by atomic mass is 16.5. The molecule has 7 heteroatoms. The molecule has 1 saturated heterocycles. The number of nitrogens with zero attached hydrogens (tertiary/aromatic N) is 1. The first-order valence-electron chi connectivity index (χ1n) is 11.2. The number of amides is 3. The molecule has 1 fully saturated rings. The molecule has 34 heavy (non-hydrogen) atoms. The minimum absolute atomic E-state index is 0.0259. The molecule has 2 atom stereocenters. The molecule has 0 saturated carbocycles. The van der Waals surface area contributed by atoms with E-state index in [1.807, 2.05) is 37.3 Å². The lowest BCUT2D eigenvalue weighted by Crippen LogP contribution is -2.30. The van der Waals surface area contributed by atoms with E-state index >= 15 is 0 Å². The number of likely N-dealkylation sites (tertiary alicyclic amines) is 1. The van der Waals surface area contributed by atoms with Gasteiger partial charge >= 0.3 is 0 Å². The van der Waals surface area contributed by atoms with Crippen molar-refractivity contribution in [2.45, 2.75) is 19.4 Å². The van der Waals surface area contributed by atoms with Crippen LogP contribution in [0.1, 0.15) is 35.3 Å². The van der Waals surface area contributed by atoms with Gasteiger partial charge in [-0.05, 0) is 61.0 Å². The summed E-state index contributed by atoms with van der Waals surface area (Å²) < 4.78 is 5.12. The molecule has 3 aromatic rings. The lowest BCUT2D eigenvalue weighted by molar-refractivity contribution is -0.129. The van der Waals surface area contributed by atoms with E-state index in [1.165, 1.54) is 0 Å². The third-order valence-electron chi connectivity index (χ3n) is 6.04. The van der Waals surface area contributed by atoms with E-state index in [9.17, 15) is 14.4 Å². The Morgan fingerprint density at radius 2 is 1.53 bits per heavy atom. The largest absolute Gasteiger partial charge is 0.497 e. The van der Waals surface area contributed by atoms with Gasteiger partial charge in [0.15, 0.2) is 0 Å². The second kappa shape index (κ2) is 10.2. The maximum atomic E-state index is 12.8. The van der Waals surface area contributed by atoms with Crippen LogP contribution in [0.3, 0.4) is 0 Å². The molecule has 0 bridgehead atoms. The minimum Gasteiger partial charge on any atom is -0.497 e. The number of carbonyl (C=O) groups excluding carboxylic acids is 3. The van der Waals surface area contributed by atoms with Crippen molar-refractivity contribution in [1.29, 1.82) is 0 Å². The van der Waals surface area contributed by atoms with Crippen LogP contribution in [0.15, 0.2) is 78.9 Å². The fraction of sp³-hybridized carbons (Fsp3) is 0.222. The molecule has 0 radical (unpaired) electrons. The molecule has 0 unspecified atom stereocenters. The van der Waals surface area contributed by atoms with Crippen LogP contribution in [-0.2, 0) is 9.59 Å². The molecule has 1 aliphatic rings. The predicted molar refractivity (Wildman–Crippen MR) is 131 cm³/mol. The lowest BCUT2D eigenvalue weighted by Gasteiger charge is -2.25. The third kappa shape index (κ3) is 5.26. The Kier molecular flexibility index (Phi) is 6.92. The molecule has 174 valence electrons. The summed E-state index contributed by atoms with van der Waals surface area (Å²) in [5, 5.41) is 5.69. The van der Waals surface area contributed by atoms with Crippen LogP contribution < -0.4 is 15.4 Å². The zero-order chi connectivity index (χ0) is 24.1. The molecular weight excluding hydrogens is 430 g/mol. The van der Waals surface area contributed by atoms with Crippen LogP contribution in [0.5, 0.6) is 5.75 Å². The lowest BCUT2D eigenvalue weighted by atomic mass is 10.1. The van der Waals surface area contributed by atoms with Crippen LogP contribution in [0.25, 0.3) is 0 Å². The summed E-state index contributed by atoms with van der Waals surface area (Å²) in [7, 11) is 1.58. The summed E-state index contributed by atoms with van der Waals surface area (Å²) in [6, 6.07) is 23.4. The summed E-state index contributed by atoms with van der Waals surface area (Å²) in [4.78, 5) is 39.6. The third-order valence-corrected chi connectivity index (χ3v) is 6.04. The first-order valence-corrected chi connectivity index (χ1v) is 11.2. The SMILES string of the molecule is COc1ccc(NC(=O)c2ccc(NC(=O)[C@@H]3CC(=O)N([C@@H](C)c4ccccc4)C3)cc2)cc1. The standard InChI is InChI=1S/C27H27N3O4/c1-18(19-6-4-3-5-7-19)30-17-21(16-25(30)31)27(33)29-22-10-8-20(9-11-22)26(32)28-23-12-14-24(34-2)15-13-23/h3-15,18,21H,16-17H2,1-2H3,(H,28,32)(H,29,33)/t18-,21+/m0/s1. The Morgan fingerprint density at radius 3 is 2.18 bits per heavy atom. The molecule has 0 aromatic heterocycles. The number of rotatable bonds is 7. The van der Waals surface area contributed by atoms with E-state index in [0.29, 0.717) is 29.2 Å². The van der Waals surface area contributed by atoms with Crippen LogP contribution in [0.2, 0.25) is 0 Å². The first kappa shape index (κ1) is 23.0. The van der Waals surface area contributed by atoms with Crippen LogP contribution in [-0.4, -0.2) is 36.3 Å². The van der Waals surface area contributed by atoms with E-state index in [2.05, 4.69) is 10.6 Å². The van der Waals surface area contributed by atoms with E-state index in [4.69, 9.17) is 4.74 Å². The van der Waals surface area contributed by atoms with Gasteiger partial charge in [0.1, 0.15) is 5.75 Å². The second-order valence-corrected chi connectivity index (χ2v) is 8.28. The zero-order valence-corrected chi connectivity index (χ0v) is 19.2. The summed E-state index contributed by atoms with van der Waals surface area (Å²) in [5.74, 6) is -0.194. The fourth-order valence-corrected chi connectivity index (χ4v) is 4.02. The molecular formula is C27H27N3O4. The van der Waals surface area contributed by atoms with Gasteiger partial charge < -0.3 is 20.3 Å². The van der Waals surface area contributed by atoms with E-state index < -0.39 is 5.92 Å². The summed E-state index contributed by atoms with van der Waals surface area (Å²) in [6.07, 6.45) is 0.186. The van der Waals surface area contributed by atoms with Crippen LogP contribution in [0, 0.1) is 5.92 Å². The summed E-state index contributed by atoms with van der Waals surface area (Å²) in [6.45, 7) is 2.35. The molecule has 7 nitrogen and oxygen atoms in total. The van der Waals surface area contributed by atoms with Gasteiger partial charge in [0, 0.05) is 29.9 Å². The number of nitrogens with one attached hydrogen (secondary N) is 2. The number of methoxy groups -OCH3 is 1.